The van der Waals surface area contributed by atoms with Gasteiger partial charge >= 0.3 is 6.03 Å². The summed E-state index contributed by atoms with van der Waals surface area (Å²) < 4.78 is 0. The Labute approximate surface area is 116 Å². The molecule has 0 bridgehead atoms. The Morgan fingerprint density at radius 1 is 1.16 bits per heavy atom. The zero-order valence-electron chi connectivity index (χ0n) is 12.6. The second-order valence-electron chi connectivity index (χ2n) is 4.46. The fourth-order valence-corrected chi connectivity index (χ4v) is 1.70. The largest absolute Gasteiger partial charge is 0.338 e. The van der Waals surface area contributed by atoms with Crippen molar-refractivity contribution in [1.29, 1.82) is 0 Å². The molecule has 0 aromatic rings. The first-order chi connectivity index (χ1) is 9.04. The number of nitrogens with zero attached hydrogens (tertiary/aromatic N) is 1. The molecular formula is C13H28N4O2. The highest BCUT2D eigenvalue weighted by molar-refractivity contribution is 5.96. The van der Waals surface area contributed by atoms with E-state index in [0.717, 1.165) is 32.6 Å². The molecule has 0 heterocycles. The molecule has 3 N–H and O–H groups in total. The van der Waals surface area contributed by atoms with Crippen LogP contribution in [0.15, 0.2) is 0 Å². The van der Waals surface area contributed by atoms with Gasteiger partial charge in [-0.25, -0.2) is 4.79 Å². The molecule has 19 heavy (non-hydrogen) atoms. The minimum Gasteiger partial charge on any atom is -0.338 e. The standard InChI is InChI=1S/C13H28N4O2/c1-5-9-17(7-3)10-8-15-11(4)12(18)16-13(19)14-6-2/h11,15H,5-10H2,1-4H3,(H2,14,16,18,19). The Bertz CT molecular complexity index is 271. The van der Waals surface area contributed by atoms with E-state index in [-0.39, 0.29) is 11.9 Å². The summed E-state index contributed by atoms with van der Waals surface area (Å²) in [5, 5.41) is 7.94. The zero-order valence-corrected chi connectivity index (χ0v) is 12.6. The van der Waals surface area contributed by atoms with Crippen molar-refractivity contribution in [3.8, 4) is 0 Å². The maximum atomic E-state index is 11.7. The van der Waals surface area contributed by atoms with E-state index >= 15 is 0 Å². The maximum absolute atomic E-state index is 11.7. The summed E-state index contributed by atoms with van der Waals surface area (Å²) in [4.78, 5) is 25.2. The predicted octanol–water partition coefficient (Wildman–Crippen LogP) is 0.542. The van der Waals surface area contributed by atoms with Gasteiger partial charge in [0.1, 0.15) is 0 Å². The lowest BCUT2D eigenvalue weighted by molar-refractivity contribution is -0.121. The number of rotatable bonds is 9. The van der Waals surface area contributed by atoms with Gasteiger partial charge in [0.05, 0.1) is 6.04 Å². The van der Waals surface area contributed by atoms with Crippen molar-refractivity contribution in [3.05, 3.63) is 0 Å². The quantitative estimate of drug-likeness (QED) is 0.573. The van der Waals surface area contributed by atoms with Crippen molar-refractivity contribution in [3.63, 3.8) is 0 Å². The average Bonchev–Trinajstić information content (AvgIpc) is 2.37. The minimum absolute atomic E-state index is 0.301. The number of imide groups is 1. The van der Waals surface area contributed by atoms with E-state index in [1.807, 2.05) is 0 Å². The third kappa shape index (κ3) is 8.56. The van der Waals surface area contributed by atoms with Crippen LogP contribution in [0.2, 0.25) is 0 Å². The zero-order chi connectivity index (χ0) is 14.7. The van der Waals surface area contributed by atoms with Gasteiger partial charge in [-0.15, -0.1) is 0 Å². The lowest BCUT2D eigenvalue weighted by atomic mass is 10.3. The molecule has 1 unspecified atom stereocenters. The van der Waals surface area contributed by atoms with Crippen LogP contribution in [0, 0.1) is 0 Å². The molecule has 0 aliphatic heterocycles. The Morgan fingerprint density at radius 2 is 1.84 bits per heavy atom. The summed E-state index contributed by atoms with van der Waals surface area (Å²) in [5.74, 6) is -0.301. The van der Waals surface area contributed by atoms with E-state index in [2.05, 4.69) is 34.7 Å². The lowest BCUT2D eigenvalue weighted by Gasteiger charge is -2.21. The second kappa shape index (κ2) is 10.8. The molecule has 0 spiro atoms. The Balaban J connectivity index is 3.86. The molecule has 0 aromatic carbocycles. The van der Waals surface area contributed by atoms with Crippen LogP contribution in [-0.4, -0.2) is 55.6 Å². The first kappa shape index (κ1) is 17.9. The van der Waals surface area contributed by atoms with Crippen molar-refractivity contribution in [1.82, 2.24) is 20.9 Å². The van der Waals surface area contributed by atoms with Gasteiger partial charge in [-0.2, -0.15) is 0 Å². The van der Waals surface area contributed by atoms with Crippen molar-refractivity contribution >= 4 is 11.9 Å². The maximum Gasteiger partial charge on any atom is 0.321 e. The van der Waals surface area contributed by atoms with Crippen LogP contribution in [0.1, 0.15) is 34.1 Å². The van der Waals surface area contributed by atoms with Crippen LogP contribution in [0.3, 0.4) is 0 Å². The molecule has 0 aliphatic carbocycles. The summed E-state index contributed by atoms with van der Waals surface area (Å²) in [6.07, 6.45) is 1.13. The minimum atomic E-state index is -0.442. The average molecular weight is 272 g/mol. The van der Waals surface area contributed by atoms with Crippen LogP contribution in [0.5, 0.6) is 0 Å². The van der Waals surface area contributed by atoms with E-state index in [4.69, 9.17) is 0 Å². The van der Waals surface area contributed by atoms with Gasteiger partial charge in [0.15, 0.2) is 0 Å². The van der Waals surface area contributed by atoms with E-state index in [9.17, 15) is 9.59 Å². The predicted molar refractivity (Wildman–Crippen MR) is 77.1 cm³/mol. The van der Waals surface area contributed by atoms with Crippen molar-refractivity contribution in [2.75, 3.05) is 32.7 Å². The van der Waals surface area contributed by atoms with Gasteiger partial charge in [0.2, 0.25) is 5.91 Å². The Kier molecular flexibility index (Phi) is 10.1. The highest BCUT2D eigenvalue weighted by atomic mass is 16.2. The molecule has 6 nitrogen and oxygen atoms in total. The third-order valence-corrected chi connectivity index (χ3v) is 2.83. The summed E-state index contributed by atoms with van der Waals surface area (Å²) >= 11 is 0. The molecule has 6 heteroatoms. The van der Waals surface area contributed by atoms with E-state index in [0.29, 0.717) is 6.54 Å². The van der Waals surface area contributed by atoms with Crippen LogP contribution >= 0.6 is 0 Å². The van der Waals surface area contributed by atoms with Crippen molar-refractivity contribution in [2.45, 2.75) is 40.2 Å². The fourth-order valence-electron chi connectivity index (χ4n) is 1.70. The Hall–Kier alpha value is -1.14. The number of nitrogens with one attached hydrogen (secondary N) is 3. The molecule has 0 saturated heterocycles. The molecule has 0 rings (SSSR count). The molecule has 0 fully saturated rings. The molecule has 0 aliphatic rings. The van der Waals surface area contributed by atoms with E-state index < -0.39 is 6.03 Å². The SMILES string of the molecule is CCCN(CC)CCNC(C)C(=O)NC(=O)NCC. The van der Waals surface area contributed by atoms with Gasteiger partial charge in [-0.05, 0) is 33.4 Å². The number of hydrogen-bond acceptors (Lipinski definition) is 4. The first-order valence-corrected chi connectivity index (χ1v) is 7.09. The number of carbonyl (C=O) groups excluding carboxylic acids is 2. The van der Waals surface area contributed by atoms with Crippen LogP contribution in [-0.2, 0) is 4.79 Å². The first-order valence-electron chi connectivity index (χ1n) is 7.09. The van der Waals surface area contributed by atoms with Gasteiger partial charge in [-0.1, -0.05) is 13.8 Å². The van der Waals surface area contributed by atoms with Gasteiger partial charge < -0.3 is 15.5 Å². The molecule has 112 valence electrons. The smallest absolute Gasteiger partial charge is 0.321 e. The van der Waals surface area contributed by atoms with E-state index in [1.165, 1.54) is 0 Å². The summed E-state index contributed by atoms with van der Waals surface area (Å²) in [7, 11) is 0. The van der Waals surface area contributed by atoms with Gasteiger partial charge in [0.25, 0.3) is 0 Å². The number of likely N-dealkylation sites (N-methyl/N-ethyl adjacent to an activating group) is 1. The lowest BCUT2D eigenvalue weighted by Crippen LogP contribution is -2.49. The van der Waals surface area contributed by atoms with Gasteiger partial charge in [-0.3, -0.25) is 10.1 Å². The fraction of sp³-hybridized carbons (Fsp3) is 0.846. The van der Waals surface area contributed by atoms with Crippen LogP contribution in [0.25, 0.3) is 0 Å². The van der Waals surface area contributed by atoms with Crippen LogP contribution < -0.4 is 16.0 Å². The number of urea groups is 1. The molecule has 3 amide bonds. The highest BCUT2D eigenvalue weighted by Crippen LogP contribution is 1.90. The number of hydrogen-bond donors (Lipinski definition) is 3. The second-order valence-corrected chi connectivity index (χ2v) is 4.46. The Morgan fingerprint density at radius 3 is 2.37 bits per heavy atom. The molecular weight excluding hydrogens is 244 g/mol. The summed E-state index contributed by atoms with van der Waals surface area (Å²) in [6, 6.07) is -0.815. The normalized spacial score (nSPS) is 12.3. The van der Waals surface area contributed by atoms with Crippen LogP contribution in [0.4, 0.5) is 4.79 Å². The monoisotopic (exact) mass is 272 g/mol. The summed E-state index contributed by atoms with van der Waals surface area (Å²) in [5.41, 5.74) is 0. The highest BCUT2D eigenvalue weighted by Gasteiger charge is 2.14. The van der Waals surface area contributed by atoms with Gasteiger partial charge in [0, 0.05) is 19.6 Å². The number of amides is 3. The molecule has 0 radical (unpaired) electrons. The molecule has 1 atom stereocenters. The third-order valence-electron chi connectivity index (χ3n) is 2.83. The molecule has 0 saturated carbocycles. The number of carbonyl (C=O) groups is 2. The van der Waals surface area contributed by atoms with Crippen molar-refractivity contribution in [2.24, 2.45) is 0 Å². The topological polar surface area (TPSA) is 73.5 Å². The van der Waals surface area contributed by atoms with Crippen molar-refractivity contribution < 1.29 is 9.59 Å². The molecule has 0 aromatic heterocycles. The summed E-state index contributed by atoms with van der Waals surface area (Å²) in [6.45, 7) is 12.1. The van der Waals surface area contributed by atoms with E-state index in [1.54, 1.807) is 13.8 Å².